The van der Waals surface area contributed by atoms with Gasteiger partial charge in [-0.05, 0) is 24.3 Å². The second kappa shape index (κ2) is 8.73. The van der Waals surface area contributed by atoms with E-state index in [9.17, 15) is 21.2 Å². The van der Waals surface area contributed by atoms with Crippen LogP contribution in [0.4, 0.5) is 38.9 Å². The lowest BCUT2D eigenvalue weighted by Gasteiger charge is -2.14. The molecular weight excluding hydrogens is 447 g/mol. The molecule has 0 aliphatic heterocycles. The Morgan fingerprint density at radius 3 is 1.68 bits per heavy atom. The summed E-state index contributed by atoms with van der Waals surface area (Å²) in [4.78, 5) is 7.94. The van der Waals surface area contributed by atoms with Crippen LogP contribution in [0.15, 0.2) is 54.7 Å². The van der Waals surface area contributed by atoms with Gasteiger partial charge in [-0.2, -0.15) is 4.98 Å². The fourth-order valence-electron chi connectivity index (χ4n) is 2.52. The third kappa shape index (κ3) is 6.52. The number of aromatic nitrogens is 2. The molecule has 0 aliphatic carbocycles. The van der Waals surface area contributed by atoms with Crippen LogP contribution in [0.3, 0.4) is 0 Å². The maximum atomic E-state index is 14.3. The number of sulfonamides is 2. The lowest BCUT2D eigenvalue weighted by atomic mass is 10.2. The van der Waals surface area contributed by atoms with Gasteiger partial charge in [0.1, 0.15) is 0 Å². The monoisotopic (exact) mass is 466 g/mol. The van der Waals surface area contributed by atoms with Crippen molar-refractivity contribution in [3.63, 3.8) is 0 Å². The number of benzene rings is 2. The van der Waals surface area contributed by atoms with E-state index >= 15 is 0 Å². The predicted molar refractivity (Wildman–Crippen MR) is 118 cm³/mol. The van der Waals surface area contributed by atoms with Crippen molar-refractivity contribution in [3.05, 3.63) is 60.5 Å². The Balaban J connectivity index is 1.90. The molecule has 0 saturated heterocycles. The van der Waals surface area contributed by atoms with Gasteiger partial charge >= 0.3 is 0 Å². The highest BCUT2D eigenvalue weighted by molar-refractivity contribution is 7.92. The highest BCUT2D eigenvalue weighted by Crippen LogP contribution is 2.28. The molecule has 31 heavy (non-hydrogen) atoms. The van der Waals surface area contributed by atoms with Crippen molar-refractivity contribution in [1.82, 2.24) is 9.97 Å². The van der Waals surface area contributed by atoms with Crippen molar-refractivity contribution in [3.8, 4) is 0 Å². The molecule has 0 saturated carbocycles. The number of para-hydroxylation sites is 4. The number of hydrogen-bond donors (Lipinski definition) is 4. The molecule has 10 nitrogen and oxygen atoms in total. The summed E-state index contributed by atoms with van der Waals surface area (Å²) in [5.74, 6) is -1.00. The average Bonchev–Trinajstić information content (AvgIpc) is 2.65. The van der Waals surface area contributed by atoms with Crippen molar-refractivity contribution in [1.29, 1.82) is 0 Å². The molecule has 13 heteroatoms. The third-order valence-electron chi connectivity index (χ3n) is 3.69. The van der Waals surface area contributed by atoms with Crippen molar-refractivity contribution in [2.45, 2.75) is 0 Å². The van der Waals surface area contributed by atoms with E-state index in [0.717, 1.165) is 18.7 Å². The number of rotatable bonds is 8. The zero-order valence-corrected chi connectivity index (χ0v) is 18.1. The summed E-state index contributed by atoms with van der Waals surface area (Å²) < 4.78 is 65.3. The maximum absolute atomic E-state index is 14.3. The van der Waals surface area contributed by atoms with Crippen molar-refractivity contribution in [2.24, 2.45) is 0 Å². The molecule has 1 aromatic heterocycles. The van der Waals surface area contributed by atoms with Crippen LogP contribution in [0.25, 0.3) is 0 Å². The molecule has 3 aromatic rings. The Morgan fingerprint density at radius 2 is 1.19 bits per heavy atom. The molecule has 3 rings (SSSR count). The van der Waals surface area contributed by atoms with Crippen LogP contribution in [0.2, 0.25) is 0 Å². The molecule has 0 spiro atoms. The largest absolute Gasteiger partial charge is 0.336 e. The second-order valence-corrected chi connectivity index (χ2v) is 9.98. The zero-order valence-electron chi connectivity index (χ0n) is 16.4. The summed E-state index contributed by atoms with van der Waals surface area (Å²) in [5, 5.41) is 5.57. The number of nitrogens with zero attached hydrogens (tertiary/aromatic N) is 2. The van der Waals surface area contributed by atoms with Gasteiger partial charge in [0.05, 0.1) is 41.5 Å². The fraction of sp³-hybridized carbons (Fsp3) is 0.111. The third-order valence-corrected chi connectivity index (χ3v) is 4.87. The van der Waals surface area contributed by atoms with Gasteiger partial charge in [0, 0.05) is 0 Å². The molecular formula is C18H19FN6O4S2. The van der Waals surface area contributed by atoms with Crippen LogP contribution in [-0.4, -0.2) is 39.3 Å². The summed E-state index contributed by atoms with van der Waals surface area (Å²) in [6, 6.07) is 12.8. The fourth-order valence-corrected chi connectivity index (χ4v) is 3.68. The molecule has 0 atom stereocenters. The highest BCUT2D eigenvalue weighted by atomic mass is 32.2. The van der Waals surface area contributed by atoms with E-state index < -0.39 is 25.9 Å². The van der Waals surface area contributed by atoms with Gasteiger partial charge in [0.15, 0.2) is 11.6 Å². The molecule has 0 aliphatic rings. The van der Waals surface area contributed by atoms with Gasteiger partial charge < -0.3 is 10.6 Å². The van der Waals surface area contributed by atoms with Gasteiger partial charge in [0.2, 0.25) is 26.0 Å². The van der Waals surface area contributed by atoms with E-state index in [-0.39, 0.29) is 28.8 Å². The van der Waals surface area contributed by atoms with Crippen LogP contribution in [-0.2, 0) is 20.0 Å². The molecule has 0 radical (unpaired) electrons. The van der Waals surface area contributed by atoms with Gasteiger partial charge in [-0.15, -0.1) is 0 Å². The van der Waals surface area contributed by atoms with Crippen molar-refractivity contribution in [2.75, 3.05) is 32.6 Å². The minimum absolute atomic E-state index is 0.0137. The van der Waals surface area contributed by atoms with E-state index in [4.69, 9.17) is 0 Å². The normalized spacial score (nSPS) is 11.6. The van der Waals surface area contributed by atoms with Crippen LogP contribution in [0.1, 0.15) is 0 Å². The molecule has 0 bridgehead atoms. The first kappa shape index (κ1) is 22.2. The second-order valence-electron chi connectivity index (χ2n) is 6.48. The lowest BCUT2D eigenvalue weighted by Crippen LogP contribution is -2.12. The van der Waals surface area contributed by atoms with Gasteiger partial charge in [-0.1, -0.05) is 24.3 Å². The first-order valence-electron chi connectivity index (χ1n) is 8.70. The van der Waals surface area contributed by atoms with E-state index in [1.54, 1.807) is 42.5 Å². The van der Waals surface area contributed by atoms with Crippen LogP contribution >= 0.6 is 0 Å². The summed E-state index contributed by atoms with van der Waals surface area (Å²) >= 11 is 0. The summed E-state index contributed by atoms with van der Waals surface area (Å²) in [7, 11) is -7.08. The molecule has 0 fully saturated rings. The zero-order chi connectivity index (χ0) is 22.6. The topological polar surface area (TPSA) is 142 Å². The number of halogens is 1. The molecule has 0 unspecified atom stereocenters. The minimum atomic E-state index is -3.56. The van der Waals surface area contributed by atoms with Crippen LogP contribution < -0.4 is 20.1 Å². The van der Waals surface area contributed by atoms with Crippen molar-refractivity contribution < 1.29 is 21.2 Å². The Labute approximate surface area is 179 Å². The van der Waals surface area contributed by atoms with E-state index in [0.29, 0.717) is 5.69 Å². The van der Waals surface area contributed by atoms with Gasteiger partial charge in [0.25, 0.3) is 0 Å². The lowest BCUT2D eigenvalue weighted by molar-refractivity contribution is 0.605. The standard InChI is InChI=1S/C18H19FN6O4S2/c1-30(26,27)24-15-9-5-3-7-13(15)21-17-12(19)11-20-18(23-17)22-14-8-4-6-10-16(14)25-31(2,28)29/h3-11,24-25H,1-2H3,(H2,20,21,22,23). The minimum Gasteiger partial charge on any atom is -0.336 e. The summed E-state index contributed by atoms with van der Waals surface area (Å²) in [6.07, 6.45) is 2.94. The average molecular weight is 467 g/mol. The maximum Gasteiger partial charge on any atom is 0.229 e. The van der Waals surface area contributed by atoms with Crippen LogP contribution in [0, 0.1) is 5.82 Å². The van der Waals surface area contributed by atoms with Crippen molar-refractivity contribution >= 4 is 54.6 Å². The summed E-state index contributed by atoms with van der Waals surface area (Å²) in [6.45, 7) is 0. The number of hydrogen-bond acceptors (Lipinski definition) is 8. The summed E-state index contributed by atoms with van der Waals surface area (Å²) in [5.41, 5.74) is 1.09. The van der Waals surface area contributed by atoms with E-state index in [2.05, 4.69) is 30.0 Å². The van der Waals surface area contributed by atoms with Gasteiger partial charge in [-0.25, -0.2) is 26.2 Å². The SMILES string of the molecule is CS(=O)(=O)Nc1ccccc1Nc1ncc(F)c(Nc2ccccc2NS(C)(=O)=O)n1. The number of anilines is 6. The molecule has 2 aromatic carbocycles. The molecule has 1 heterocycles. The van der Waals surface area contributed by atoms with Crippen LogP contribution in [0.5, 0.6) is 0 Å². The Kier molecular flexibility index (Phi) is 6.27. The predicted octanol–water partition coefficient (Wildman–Crippen LogP) is 2.85. The Hall–Kier alpha value is -3.45. The van der Waals surface area contributed by atoms with Gasteiger partial charge in [-0.3, -0.25) is 9.44 Å². The molecule has 4 N–H and O–H groups in total. The quantitative estimate of drug-likeness (QED) is 0.397. The number of nitrogens with one attached hydrogen (secondary N) is 4. The van der Waals surface area contributed by atoms with E-state index in [1.807, 2.05) is 0 Å². The first-order valence-corrected chi connectivity index (χ1v) is 12.5. The highest BCUT2D eigenvalue weighted by Gasteiger charge is 2.13. The smallest absolute Gasteiger partial charge is 0.229 e. The Bertz CT molecular complexity index is 1320. The van der Waals surface area contributed by atoms with E-state index in [1.165, 1.54) is 6.07 Å². The first-order chi connectivity index (χ1) is 14.5. The molecule has 0 amide bonds. The Morgan fingerprint density at radius 1 is 0.742 bits per heavy atom. The molecule has 164 valence electrons.